The van der Waals surface area contributed by atoms with Gasteiger partial charge in [-0.15, -0.1) is 0 Å². The van der Waals surface area contributed by atoms with Crippen LogP contribution in [0.3, 0.4) is 0 Å². The van der Waals surface area contributed by atoms with Crippen LogP contribution in [-0.4, -0.2) is 40.8 Å². The van der Waals surface area contributed by atoms with Crippen molar-refractivity contribution in [2.75, 3.05) is 20.6 Å². The first kappa shape index (κ1) is 9.98. The molecule has 1 aromatic heterocycles. The van der Waals surface area contributed by atoms with Crippen LogP contribution in [0, 0.1) is 0 Å². The molecule has 1 heterocycles. The van der Waals surface area contributed by atoms with Crippen molar-refractivity contribution in [2.45, 2.75) is 6.42 Å². The highest BCUT2D eigenvalue weighted by molar-refractivity contribution is 5.84. The summed E-state index contributed by atoms with van der Waals surface area (Å²) in [5, 5.41) is 17.4. The van der Waals surface area contributed by atoms with Crippen molar-refractivity contribution in [1.29, 1.82) is 0 Å². The van der Waals surface area contributed by atoms with E-state index in [1.165, 1.54) is 0 Å². The molecule has 0 unspecified atom stereocenters. The lowest BCUT2D eigenvalue weighted by molar-refractivity contribution is 0.413. The number of aromatic hydroxyl groups is 1. The minimum absolute atomic E-state index is 0.277. The van der Waals surface area contributed by atoms with Crippen molar-refractivity contribution < 1.29 is 5.11 Å². The Balaban J connectivity index is 2.28. The molecule has 2 rings (SSSR count). The predicted molar refractivity (Wildman–Crippen MR) is 60.0 cm³/mol. The number of hydrogen-bond donors (Lipinski definition) is 2. The molecular formula is C11H15N3O. The van der Waals surface area contributed by atoms with Gasteiger partial charge in [-0.05, 0) is 38.2 Å². The molecule has 80 valence electrons. The number of fused-ring (bicyclic) bond motifs is 1. The normalized spacial score (nSPS) is 11.4. The number of aromatic nitrogens is 2. The number of hydrogen-bond acceptors (Lipinski definition) is 3. The Hall–Kier alpha value is -1.55. The van der Waals surface area contributed by atoms with Gasteiger partial charge in [0.25, 0.3) is 0 Å². The molecule has 0 bridgehead atoms. The van der Waals surface area contributed by atoms with Crippen LogP contribution in [0.4, 0.5) is 0 Å². The topological polar surface area (TPSA) is 52.1 Å². The van der Waals surface area contributed by atoms with Crippen LogP contribution in [0.15, 0.2) is 18.3 Å². The quantitative estimate of drug-likeness (QED) is 0.795. The van der Waals surface area contributed by atoms with Gasteiger partial charge in [-0.2, -0.15) is 5.10 Å². The van der Waals surface area contributed by atoms with E-state index in [1.54, 1.807) is 12.3 Å². The van der Waals surface area contributed by atoms with Gasteiger partial charge in [-0.25, -0.2) is 0 Å². The predicted octanol–water partition coefficient (Wildman–Crippen LogP) is 1.37. The van der Waals surface area contributed by atoms with Gasteiger partial charge in [-0.3, -0.25) is 5.10 Å². The molecule has 0 aliphatic carbocycles. The van der Waals surface area contributed by atoms with E-state index >= 15 is 0 Å². The lowest BCUT2D eigenvalue weighted by Gasteiger charge is -2.09. The van der Waals surface area contributed by atoms with Gasteiger partial charge >= 0.3 is 0 Å². The number of H-pyrrole nitrogens is 1. The molecule has 15 heavy (non-hydrogen) atoms. The number of phenolic OH excluding ortho intramolecular Hbond substituents is 1. The monoisotopic (exact) mass is 205 g/mol. The zero-order chi connectivity index (χ0) is 10.8. The largest absolute Gasteiger partial charge is 0.506 e. The van der Waals surface area contributed by atoms with Crippen molar-refractivity contribution in [3.05, 3.63) is 23.9 Å². The summed E-state index contributed by atoms with van der Waals surface area (Å²) < 4.78 is 0. The second-order valence-corrected chi connectivity index (χ2v) is 4.00. The third-order valence-corrected chi connectivity index (χ3v) is 2.44. The Labute approximate surface area is 88.5 Å². The van der Waals surface area contributed by atoms with Gasteiger partial charge < -0.3 is 10.0 Å². The molecule has 0 saturated heterocycles. The van der Waals surface area contributed by atoms with Crippen molar-refractivity contribution in [3.8, 4) is 5.75 Å². The maximum absolute atomic E-state index is 9.72. The van der Waals surface area contributed by atoms with E-state index in [0.29, 0.717) is 5.52 Å². The molecule has 0 fully saturated rings. The minimum atomic E-state index is 0.277. The van der Waals surface area contributed by atoms with Crippen molar-refractivity contribution in [1.82, 2.24) is 15.1 Å². The van der Waals surface area contributed by atoms with E-state index in [0.717, 1.165) is 23.9 Å². The maximum atomic E-state index is 9.72. The summed E-state index contributed by atoms with van der Waals surface area (Å²) in [5.41, 5.74) is 1.85. The van der Waals surface area contributed by atoms with Crippen LogP contribution in [0.1, 0.15) is 5.56 Å². The van der Waals surface area contributed by atoms with Crippen LogP contribution in [-0.2, 0) is 6.42 Å². The van der Waals surface area contributed by atoms with Crippen LogP contribution < -0.4 is 0 Å². The van der Waals surface area contributed by atoms with Crippen LogP contribution in [0.5, 0.6) is 5.75 Å². The minimum Gasteiger partial charge on any atom is -0.506 e. The molecule has 0 amide bonds. The molecule has 0 saturated carbocycles. The lowest BCUT2D eigenvalue weighted by Crippen LogP contribution is -2.14. The van der Waals surface area contributed by atoms with E-state index < -0.39 is 0 Å². The van der Waals surface area contributed by atoms with E-state index in [2.05, 4.69) is 21.2 Å². The van der Waals surface area contributed by atoms with Crippen molar-refractivity contribution >= 4 is 10.9 Å². The summed E-state index contributed by atoms with van der Waals surface area (Å²) in [6.45, 7) is 0.975. The van der Waals surface area contributed by atoms with Gasteiger partial charge in [0.1, 0.15) is 11.3 Å². The summed E-state index contributed by atoms with van der Waals surface area (Å²) in [6, 6.07) is 3.85. The highest BCUT2D eigenvalue weighted by Crippen LogP contribution is 2.24. The molecular weight excluding hydrogens is 190 g/mol. The Morgan fingerprint density at radius 3 is 2.93 bits per heavy atom. The first-order chi connectivity index (χ1) is 7.16. The molecule has 0 spiro atoms. The fourth-order valence-corrected chi connectivity index (χ4v) is 1.60. The Morgan fingerprint density at radius 1 is 1.40 bits per heavy atom. The summed E-state index contributed by atoms with van der Waals surface area (Å²) in [7, 11) is 4.08. The van der Waals surface area contributed by atoms with Gasteiger partial charge in [0.15, 0.2) is 0 Å². The van der Waals surface area contributed by atoms with Gasteiger partial charge in [-0.1, -0.05) is 0 Å². The molecule has 4 nitrogen and oxygen atoms in total. The molecule has 2 aromatic rings. The molecule has 2 N–H and O–H groups in total. The Bertz CT molecular complexity index is 462. The molecule has 4 heteroatoms. The third kappa shape index (κ3) is 2.10. The average Bonchev–Trinajstić information content (AvgIpc) is 2.63. The smallest absolute Gasteiger partial charge is 0.141 e. The molecule has 0 aliphatic heterocycles. The fraction of sp³-hybridized carbons (Fsp3) is 0.364. The number of aromatic amines is 1. The second kappa shape index (κ2) is 3.90. The first-order valence-corrected chi connectivity index (χ1v) is 4.96. The van der Waals surface area contributed by atoms with Crippen molar-refractivity contribution in [3.63, 3.8) is 0 Å². The maximum Gasteiger partial charge on any atom is 0.141 e. The number of nitrogens with zero attached hydrogens (tertiary/aromatic N) is 2. The number of phenols is 1. The third-order valence-electron chi connectivity index (χ3n) is 2.44. The van der Waals surface area contributed by atoms with Gasteiger partial charge in [0.05, 0.1) is 6.20 Å². The highest BCUT2D eigenvalue weighted by Gasteiger charge is 2.04. The molecule has 0 aliphatic rings. The SMILES string of the molecule is CN(C)CCc1cc(O)c2[nH]ncc2c1. The number of rotatable bonds is 3. The first-order valence-electron chi connectivity index (χ1n) is 4.96. The zero-order valence-electron chi connectivity index (χ0n) is 8.99. The number of likely N-dealkylation sites (N-methyl/N-ethyl adjacent to an activating group) is 1. The summed E-state index contributed by atoms with van der Waals surface area (Å²) >= 11 is 0. The van der Waals surface area contributed by atoms with E-state index in [4.69, 9.17) is 0 Å². The molecule has 1 aromatic carbocycles. The highest BCUT2D eigenvalue weighted by atomic mass is 16.3. The Kier molecular flexibility index (Phi) is 2.60. The number of nitrogens with one attached hydrogen (secondary N) is 1. The van der Waals surface area contributed by atoms with Crippen molar-refractivity contribution in [2.24, 2.45) is 0 Å². The zero-order valence-corrected chi connectivity index (χ0v) is 8.99. The van der Waals surface area contributed by atoms with Gasteiger partial charge in [0.2, 0.25) is 0 Å². The van der Waals surface area contributed by atoms with Gasteiger partial charge in [0, 0.05) is 11.9 Å². The van der Waals surface area contributed by atoms with Crippen LogP contribution in [0.25, 0.3) is 10.9 Å². The summed E-state index contributed by atoms with van der Waals surface area (Å²) in [6.07, 6.45) is 2.66. The number of benzene rings is 1. The summed E-state index contributed by atoms with van der Waals surface area (Å²) in [4.78, 5) is 2.12. The average molecular weight is 205 g/mol. The Morgan fingerprint density at radius 2 is 2.20 bits per heavy atom. The lowest BCUT2D eigenvalue weighted by atomic mass is 10.1. The van der Waals surface area contributed by atoms with E-state index in [1.807, 2.05) is 14.1 Å². The summed E-state index contributed by atoms with van der Waals surface area (Å²) in [5.74, 6) is 0.277. The van der Waals surface area contributed by atoms with Crippen LogP contribution >= 0.6 is 0 Å². The molecule has 0 radical (unpaired) electrons. The van der Waals surface area contributed by atoms with Crippen LogP contribution in [0.2, 0.25) is 0 Å². The second-order valence-electron chi connectivity index (χ2n) is 4.00. The fourth-order valence-electron chi connectivity index (χ4n) is 1.60. The van der Waals surface area contributed by atoms with E-state index in [9.17, 15) is 5.11 Å². The van der Waals surface area contributed by atoms with E-state index in [-0.39, 0.29) is 5.75 Å². The standard InChI is InChI=1S/C11H15N3O/c1-14(2)4-3-8-5-9-7-12-13-11(9)10(15)6-8/h5-7,15H,3-4H2,1-2H3,(H,12,13). The molecule has 0 atom stereocenters.